The minimum atomic E-state index is -1.03. The van der Waals surface area contributed by atoms with Gasteiger partial charge in [0.1, 0.15) is 0 Å². The lowest BCUT2D eigenvalue weighted by molar-refractivity contribution is -0.172. The Hall–Kier alpha value is -1.84. The quantitative estimate of drug-likeness (QED) is 0.288. The topological polar surface area (TPSA) is 52.6 Å². The second-order valence-electron chi connectivity index (χ2n) is 2.87. The highest BCUT2D eigenvalue weighted by molar-refractivity contribution is 5.83. The average Bonchev–Trinajstić information content (AvgIpc) is 2.28. The number of unbranched alkanes of at least 4 members (excludes halogenated alkanes) is 1. The first kappa shape index (κ1) is 14.2. The monoisotopic (exact) mass is 224 g/mol. The summed E-state index contributed by atoms with van der Waals surface area (Å²) in [6.45, 7) is 8.51. The van der Waals surface area contributed by atoms with E-state index in [-0.39, 0.29) is 0 Å². The predicted octanol–water partition coefficient (Wildman–Crippen LogP) is 2.13. The molecule has 0 heterocycles. The molecule has 0 atom stereocenters. The standard InChI is InChI=1S/C12H16O4/c1-4-7-8-9-12(15-10(13)5-2)16-11(14)6-3/h5-6,8-9,12H,2-4,7H2,1H3. The van der Waals surface area contributed by atoms with Gasteiger partial charge in [0, 0.05) is 12.2 Å². The summed E-state index contributed by atoms with van der Waals surface area (Å²) in [5.41, 5.74) is 0. The van der Waals surface area contributed by atoms with Crippen LogP contribution in [0.4, 0.5) is 0 Å². The largest absolute Gasteiger partial charge is 0.418 e. The van der Waals surface area contributed by atoms with Crippen LogP contribution >= 0.6 is 0 Å². The lowest BCUT2D eigenvalue weighted by Crippen LogP contribution is -2.20. The van der Waals surface area contributed by atoms with Crippen LogP contribution in [-0.4, -0.2) is 18.2 Å². The molecule has 4 heteroatoms. The van der Waals surface area contributed by atoms with Crippen molar-refractivity contribution >= 4 is 11.9 Å². The highest BCUT2D eigenvalue weighted by Gasteiger charge is 2.12. The zero-order valence-corrected chi connectivity index (χ0v) is 9.35. The normalized spacial score (nSPS) is 10.1. The summed E-state index contributed by atoms with van der Waals surface area (Å²) in [5.74, 6) is -1.30. The van der Waals surface area contributed by atoms with Gasteiger partial charge in [-0.3, -0.25) is 0 Å². The summed E-state index contributed by atoms with van der Waals surface area (Å²) < 4.78 is 9.57. The van der Waals surface area contributed by atoms with E-state index in [1.807, 2.05) is 6.92 Å². The van der Waals surface area contributed by atoms with Crippen LogP contribution in [-0.2, 0) is 19.1 Å². The van der Waals surface area contributed by atoms with Gasteiger partial charge in [0.15, 0.2) is 0 Å². The van der Waals surface area contributed by atoms with E-state index in [0.717, 1.165) is 25.0 Å². The number of carbonyl (C=O) groups is 2. The first-order valence-electron chi connectivity index (χ1n) is 4.96. The number of esters is 2. The lowest BCUT2D eigenvalue weighted by atomic mass is 10.3. The highest BCUT2D eigenvalue weighted by Crippen LogP contribution is 2.02. The summed E-state index contributed by atoms with van der Waals surface area (Å²) >= 11 is 0. The second-order valence-corrected chi connectivity index (χ2v) is 2.87. The molecule has 0 aromatic carbocycles. The van der Waals surface area contributed by atoms with Crippen molar-refractivity contribution in [3.05, 3.63) is 37.5 Å². The summed E-state index contributed by atoms with van der Waals surface area (Å²) in [4.78, 5) is 21.9. The van der Waals surface area contributed by atoms with E-state index in [2.05, 4.69) is 13.2 Å². The molecule has 0 saturated carbocycles. The molecule has 0 N–H and O–H groups in total. The highest BCUT2D eigenvalue weighted by atomic mass is 16.7. The first-order chi connectivity index (χ1) is 7.63. The maximum absolute atomic E-state index is 10.9. The fourth-order valence-corrected chi connectivity index (χ4v) is 0.802. The van der Waals surface area contributed by atoms with Crippen molar-refractivity contribution < 1.29 is 19.1 Å². The number of hydrogen-bond acceptors (Lipinski definition) is 4. The molecule has 0 fully saturated rings. The van der Waals surface area contributed by atoms with Crippen LogP contribution in [0.15, 0.2) is 37.5 Å². The molecule has 16 heavy (non-hydrogen) atoms. The smallest absolute Gasteiger partial charge is 0.333 e. The van der Waals surface area contributed by atoms with Gasteiger partial charge in [0.2, 0.25) is 0 Å². The zero-order chi connectivity index (χ0) is 12.4. The van der Waals surface area contributed by atoms with E-state index in [1.165, 1.54) is 6.08 Å². The lowest BCUT2D eigenvalue weighted by Gasteiger charge is -2.12. The molecule has 4 nitrogen and oxygen atoms in total. The van der Waals surface area contributed by atoms with Crippen molar-refractivity contribution in [2.75, 3.05) is 0 Å². The summed E-state index contributed by atoms with van der Waals surface area (Å²) in [7, 11) is 0. The van der Waals surface area contributed by atoms with E-state index in [1.54, 1.807) is 6.08 Å². The van der Waals surface area contributed by atoms with Gasteiger partial charge in [0.25, 0.3) is 6.29 Å². The van der Waals surface area contributed by atoms with Crippen molar-refractivity contribution in [1.29, 1.82) is 0 Å². The van der Waals surface area contributed by atoms with E-state index in [9.17, 15) is 9.59 Å². The van der Waals surface area contributed by atoms with Gasteiger partial charge in [-0.05, 0) is 12.5 Å². The van der Waals surface area contributed by atoms with E-state index in [4.69, 9.17) is 9.47 Å². The number of ether oxygens (including phenoxy) is 2. The first-order valence-corrected chi connectivity index (χ1v) is 4.96. The number of rotatable bonds is 7. The number of carbonyl (C=O) groups excluding carboxylic acids is 2. The third-order valence-electron chi connectivity index (χ3n) is 1.55. The molecule has 0 aliphatic heterocycles. The molecule has 0 amide bonds. The average molecular weight is 224 g/mol. The third-order valence-corrected chi connectivity index (χ3v) is 1.55. The maximum Gasteiger partial charge on any atom is 0.333 e. The molecule has 0 aromatic rings. The number of hydrogen-bond donors (Lipinski definition) is 0. The van der Waals surface area contributed by atoms with Crippen LogP contribution in [0.2, 0.25) is 0 Å². The molecule has 0 aliphatic carbocycles. The van der Waals surface area contributed by atoms with Crippen molar-refractivity contribution in [2.24, 2.45) is 0 Å². The molecular weight excluding hydrogens is 208 g/mol. The van der Waals surface area contributed by atoms with Crippen LogP contribution in [0.5, 0.6) is 0 Å². The third kappa shape index (κ3) is 6.59. The van der Waals surface area contributed by atoms with Crippen molar-refractivity contribution in [2.45, 2.75) is 26.1 Å². The summed E-state index contributed by atoms with van der Waals surface area (Å²) in [6.07, 6.45) is 6.03. The van der Waals surface area contributed by atoms with Crippen LogP contribution in [0, 0.1) is 0 Å². The van der Waals surface area contributed by atoms with Gasteiger partial charge in [0.05, 0.1) is 0 Å². The maximum atomic E-state index is 10.9. The van der Waals surface area contributed by atoms with Gasteiger partial charge >= 0.3 is 11.9 Å². The van der Waals surface area contributed by atoms with Crippen LogP contribution < -0.4 is 0 Å². The molecule has 88 valence electrons. The van der Waals surface area contributed by atoms with Crippen molar-refractivity contribution in [3.63, 3.8) is 0 Å². The van der Waals surface area contributed by atoms with Crippen molar-refractivity contribution in [1.82, 2.24) is 0 Å². The Morgan fingerprint density at radius 3 is 2.06 bits per heavy atom. The molecule has 0 aromatic heterocycles. The van der Waals surface area contributed by atoms with E-state index < -0.39 is 18.2 Å². The Bertz CT molecular complexity index is 269. The Morgan fingerprint density at radius 1 is 1.19 bits per heavy atom. The second kappa shape index (κ2) is 8.47. The Labute approximate surface area is 95.2 Å². The fraction of sp³-hybridized carbons (Fsp3) is 0.333. The molecule has 0 rings (SSSR count). The van der Waals surface area contributed by atoms with Crippen LogP contribution in [0.3, 0.4) is 0 Å². The van der Waals surface area contributed by atoms with E-state index in [0.29, 0.717) is 0 Å². The van der Waals surface area contributed by atoms with Gasteiger partial charge in [-0.15, -0.1) is 0 Å². The van der Waals surface area contributed by atoms with Crippen LogP contribution in [0.1, 0.15) is 19.8 Å². The van der Waals surface area contributed by atoms with Crippen molar-refractivity contribution in [3.8, 4) is 0 Å². The minimum Gasteiger partial charge on any atom is -0.418 e. The van der Waals surface area contributed by atoms with E-state index >= 15 is 0 Å². The SMILES string of the molecule is C=CC(=O)OC(C=CCCC)OC(=O)C=C. The summed E-state index contributed by atoms with van der Waals surface area (Å²) in [6, 6.07) is 0. The Kier molecular flexibility index (Phi) is 7.49. The summed E-state index contributed by atoms with van der Waals surface area (Å²) in [5, 5.41) is 0. The molecule has 0 aliphatic rings. The fourth-order valence-electron chi connectivity index (χ4n) is 0.802. The Morgan fingerprint density at radius 2 is 1.69 bits per heavy atom. The molecule has 0 bridgehead atoms. The van der Waals surface area contributed by atoms with Gasteiger partial charge < -0.3 is 9.47 Å². The van der Waals surface area contributed by atoms with Gasteiger partial charge in [-0.1, -0.05) is 32.6 Å². The molecular formula is C12H16O4. The molecule has 0 radical (unpaired) electrons. The molecule has 0 unspecified atom stereocenters. The number of allylic oxidation sites excluding steroid dienone is 1. The minimum absolute atomic E-state index is 0.650. The Balaban J connectivity index is 4.36. The van der Waals surface area contributed by atoms with Gasteiger partial charge in [-0.2, -0.15) is 0 Å². The van der Waals surface area contributed by atoms with Crippen LogP contribution in [0.25, 0.3) is 0 Å². The zero-order valence-electron chi connectivity index (χ0n) is 9.35. The molecule has 0 saturated heterocycles. The predicted molar refractivity (Wildman–Crippen MR) is 60.4 cm³/mol. The van der Waals surface area contributed by atoms with Gasteiger partial charge in [-0.25, -0.2) is 9.59 Å². The molecule has 0 spiro atoms.